The largest absolute Gasteiger partial charge is 0.491 e. The average Bonchev–Trinajstić information content (AvgIpc) is 2.93. The second-order valence-corrected chi connectivity index (χ2v) is 9.86. The van der Waals surface area contributed by atoms with E-state index >= 15 is 4.39 Å². The molecule has 0 unspecified atom stereocenters. The monoisotopic (exact) mass is 558 g/mol. The van der Waals surface area contributed by atoms with Crippen molar-refractivity contribution in [3.05, 3.63) is 96.1 Å². The first kappa shape index (κ1) is 29.0. The molecule has 212 valence electrons. The highest BCUT2D eigenvalue weighted by atomic mass is 19.1. The molecule has 1 heterocycles. The number of ether oxygens (including phenoxy) is 2. The van der Waals surface area contributed by atoms with Gasteiger partial charge in [-0.3, -0.25) is 14.6 Å². The summed E-state index contributed by atoms with van der Waals surface area (Å²) in [5, 5.41) is 18.6. The van der Waals surface area contributed by atoms with Gasteiger partial charge in [-0.2, -0.15) is 0 Å². The van der Waals surface area contributed by atoms with Crippen LogP contribution in [0.25, 0.3) is 10.9 Å². The zero-order chi connectivity index (χ0) is 29.6. The quantitative estimate of drug-likeness (QED) is 0.117. The second kappa shape index (κ2) is 12.5. The van der Waals surface area contributed by atoms with Crippen molar-refractivity contribution >= 4 is 34.1 Å². The van der Waals surface area contributed by atoms with Crippen molar-refractivity contribution in [3.63, 3.8) is 0 Å². The van der Waals surface area contributed by atoms with Gasteiger partial charge in [0.15, 0.2) is 11.6 Å². The van der Waals surface area contributed by atoms with Gasteiger partial charge in [0, 0.05) is 47.8 Å². The molecule has 1 aromatic heterocycles. The molecule has 0 atom stereocenters. The van der Waals surface area contributed by atoms with Crippen LogP contribution in [0.1, 0.15) is 20.8 Å². The number of para-hydroxylation sites is 1. The predicted octanol–water partition coefficient (Wildman–Crippen LogP) is 5.39. The second-order valence-electron chi connectivity index (χ2n) is 9.86. The Labute approximate surface area is 237 Å². The summed E-state index contributed by atoms with van der Waals surface area (Å²) in [5.41, 5.74) is 0.436. The van der Waals surface area contributed by atoms with Crippen LogP contribution in [-0.2, 0) is 9.59 Å². The molecule has 41 heavy (non-hydrogen) atoms. The summed E-state index contributed by atoms with van der Waals surface area (Å²) < 4.78 is 26.6. The first-order valence-electron chi connectivity index (χ1n) is 12.8. The average molecular weight is 559 g/mol. The van der Waals surface area contributed by atoms with Crippen LogP contribution >= 0.6 is 0 Å². The highest BCUT2D eigenvalue weighted by Gasteiger charge is 2.22. The van der Waals surface area contributed by atoms with E-state index in [4.69, 9.17) is 9.47 Å². The number of nitrogens with one attached hydrogen (secondary N) is 3. The van der Waals surface area contributed by atoms with Crippen molar-refractivity contribution in [1.82, 2.24) is 10.3 Å². The SMILES string of the molecule is CN/C(C)=C(\C(=O)Nc1ccccc1)C(=O)Nc1ccc(Oc2ccnc3cc(OCC(C)(C)O)ccc23)c(F)c1. The molecule has 0 radical (unpaired) electrons. The summed E-state index contributed by atoms with van der Waals surface area (Å²) in [7, 11) is 1.59. The molecule has 4 N–H and O–H groups in total. The van der Waals surface area contributed by atoms with E-state index in [2.05, 4.69) is 20.9 Å². The standard InChI is InChI=1S/C31H31FN4O5/c1-19(33-4)28(29(37)35-20-8-6-5-7-9-20)30(38)36-21-10-13-27(24(32)16-21)41-26-14-15-34-25-17-22(11-12-23(25)26)40-18-31(2,3)39/h5-17,33,39H,18H2,1-4H3,(H,35,37)(H,36,38)/b28-19+. The van der Waals surface area contributed by atoms with Crippen molar-refractivity contribution in [3.8, 4) is 17.2 Å². The maximum Gasteiger partial charge on any atom is 0.263 e. The van der Waals surface area contributed by atoms with E-state index in [0.717, 1.165) is 6.07 Å². The summed E-state index contributed by atoms with van der Waals surface area (Å²) >= 11 is 0. The van der Waals surface area contributed by atoms with Gasteiger partial charge in [0.2, 0.25) is 0 Å². The Balaban J connectivity index is 1.49. The van der Waals surface area contributed by atoms with Gasteiger partial charge in [-0.25, -0.2) is 4.39 Å². The van der Waals surface area contributed by atoms with Crippen molar-refractivity contribution in [2.45, 2.75) is 26.4 Å². The summed E-state index contributed by atoms with van der Waals surface area (Å²) in [6.07, 6.45) is 1.53. The molecule has 0 spiro atoms. The molecule has 9 nitrogen and oxygen atoms in total. The van der Waals surface area contributed by atoms with E-state index in [1.54, 1.807) is 76.3 Å². The predicted molar refractivity (Wildman–Crippen MR) is 155 cm³/mol. The third-order valence-electron chi connectivity index (χ3n) is 5.91. The maximum absolute atomic E-state index is 15.1. The number of carbonyl (C=O) groups excluding carboxylic acids is 2. The molecule has 0 fully saturated rings. The zero-order valence-corrected chi connectivity index (χ0v) is 23.1. The van der Waals surface area contributed by atoms with Crippen LogP contribution in [0.4, 0.5) is 15.8 Å². The normalized spacial score (nSPS) is 11.9. The summed E-state index contributed by atoms with van der Waals surface area (Å²) in [5.74, 6) is -1.22. The van der Waals surface area contributed by atoms with Gasteiger partial charge in [0.1, 0.15) is 23.7 Å². The minimum absolute atomic E-state index is 0.0677. The fourth-order valence-corrected chi connectivity index (χ4v) is 3.80. The smallest absolute Gasteiger partial charge is 0.263 e. The number of allylic oxidation sites excluding steroid dienone is 1. The Bertz CT molecular complexity index is 1600. The first-order chi connectivity index (χ1) is 19.5. The summed E-state index contributed by atoms with van der Waals surface area (Å²) in [6.45, 7) is 4.99. The molecule has 4 rings (SSSR count). The molecule has 3 aromatic carbocycles. The fourth-order valence-electron chi connectivity index (χ4n) is 3.80. The van der Waals surface area contributed by atoms with E-state index in [-0.39, 0.29) is 23.6 Å². The molecule has 0 saturated heterocycles. The van der Waals surface area contributed by atoms with Crippen LogP contribution in [-0.4, -0.2) is 41.2 Å². The minimum atomic E-state index is -0.991. The number of rotatable bonds is 10. The van der Waals surface area contributed by atoms with Crippen molar-refractivity contribution in [1.29, 1.82) is 0 Å². The number of amides is 2. The topological polar surface area (TPSA) is 122 Å². The third-order valence-corrected chi connectivity index (χ3v) is 5.91. The summed E-state index contributed by atoms with van der Waals surface area (Å²) in [6, 6.07) is 19.5. The Morgan fingerprint density at radius 2 is 1.63 bits per heavy atom. The maximum atomic E-state index is 15.1. The molecule has 0 saturated carbocycles. The minimum Gasteiger partial charge on any atom is -0.491 e. The lowest BCUT2D eigenvalue weighted by Crippen LogP contribution is -2.29. The van der Waals surface area contributed by atoms with E-state index in [9.17, 15) is 14.7 Å². The van der Waals surface area contributed by atoms with Crippen LogP contribution in [0.15, 0.2) is 90.3 Å². The van der Waals surface area contributed by atoms with Gasteiger partial charge < -0.3 is 30.5 Å². The van der Waals surface area contributed by atoms with E-state index in [1.807, 2.05) is 6.07 Å². The summed E-state index contributed by atoms with van der Waals surface area (Å²) in [4.78, 5) is 30.3. The molecule has 4 aromatic rings. The highest BCUT2D eigenvalue weighted by molar-refractivity contribution is 6.26. The van der Waals surface area contributed by atoms with Gasteiger partial charge in [-0.05, 0) is 63.2 Å². The van der Waals surface area contributed by atoms with Gasteiger partial charge >= 0.3 is 0 Å². The van der Waals surface area contributed by atoms with Crippen LogP contribution in [0.2, 0.25) is 0 Å². The van der Waals surface area contributed by atoms with Gasteiger partial charge in [-0.15, -0.1) is 0 Å². The number of nitrogens with zero attached hydrogens (tertiary/aromatic N) is 1. The molecule has 2 amide bonds. The van der Waals surface area contributed by atoms with Crippen LogP contribution < -0.4 is 25.4 Å². The third kappa shape index (κ3) is 7.58. The molecule has 0 aliphatic carbocycles. The number of aromatic nitrogens is 1. The molecule has 0 aliphatic rings. The van der Waals surface area contributed by atoms with Crippen LogP contribution in [0, 0.1) is 5.82 Å². The zero-order valence-electron chi connectivity index (χ0n) is 23.1. The highest BCUT2D eigenvalue weighted by Crippen LogP contribution is 2.33. The lowest BCUT2D eigenvalue weighted by atomic mass is 10.1. The Kier molecular flexibility index (Phi) is 8.84. The fraction of sp³-hybridized carbons (Fsp3) is 0.194. The van der Waals surface area contributed by atoms with Crippen molar-refractivity contribution in [2.24, 2.45) is 0 Å². The van der Waals surface area contributed by atoms with Gasteiger partial charge in [-0.1, -0.05) is 18.2 Å². The number of hydrogen-bond acceptors (Lipinski definition) is 7. The number of anilines is 2. The number of halogens is 1. The molecular weight excluding hydrogens is 527 g/mol. The Hall–Kier alpha value is -4.96. The van der Waals surface area contributed by atoms with E-state index in [0.29, 0.717) is 33.8 Å². The van der Waals surface area contributed by atoms with Crippen LogP contribution in [0.5, 0.6) is 17.2 Å². The van der Waals surface area contributed by atoms with E-state index < -0.39 is 23.2 Å². The lowest BCUT2D eigenvalue weighted by molar-refractivity contribution is -0.118. The number of pyridine rings is 1. The van der Waals surface area contributed by atoms with E-state index in [1.165, 1.54) is 18.3 Å². The van der Waals surface area contributed by atoms with Crippen molar-refractivity contribution in [2.75, 3.05) is 24.3 Å². The number of aliphatic hydroxyl groups is 1. The number of carbonyl (C=O) groups is 2. The van der Waals surface area contributed by atoms with Gasteiger partial charge in [0.05, 0.1) is 11.1 Å². The Morgan fingerprint density at radius 1 is 0.927 bits per heavy atom. The van der Waals surface area contributed by atoms with Crippen molar-refractivity contribution < 1.29 is 28.6 Å². The number of fused-ring (bicyclic) bond motifs is 1. The molecule has 0 aliphatic heterocycles. The van der Waals surface area contributed by atoms with Crippen LogP contribution in [0.3, 0.4) is 0 Å². The Morgan fingerprint density at radius 3 is 2.29 bits per heavy atom. The molecular formula is C31H31FN4O5. The molecule has 10 heteroatoms. The van der Waals surface area contributed by atoms with Gasteiger partial charge in [0.25, 0.3) is 11.8 Å². The number of hydrogen-bond donors (Lipinski definition) is 4. The lowest BCUT2D eigenvalue weighted by Gasteiger charge is -2.18. The number of benzene rings is 3. The molecule has 0 bridgehead atoms. The first-order valence-corrected chi connectivity index (χ1v) is 12.8.